The largest absolute Gasteiger partial charge is 0.345 e. The fourth-order valence-corrected chi connectivity index (χ4v) is 1.98. The summed E-state index contributed by atoms with van der Waals surface area (Å²) in [7, 11) is 0. The van der Waals surface area contributed by atoms with Gasteiger partial charge in [0.15, 0.2) is 0 Å². The molecule has 0 aliphatic rings. The Hall–Kier alpha value is -1.61. The number of hydrogen-bond acceptors (Lipinski definition) is 2. The van der Waals surface area contributed by atoms with Crippen LogP contribution in [0.25, 0.3) is 11.3 Å². The lowest BCUT2D eigenvalue weighted by Gasteiger charge is -2.01. The van der Waals surface area contributed by atoms with Gasteiger partial charge in [-0.1, -0.05) is 43.7 Å². The summed E-state index contributed by atoms with van der Waals surface area (Å²) in [5, 5.41) is 0. The number of aromatic nitrogens is 2. The topological polar surface area (TPSA) is 54.7 Å². The predicted octanol–water partition coefficient (Wildman–Crippen LogP) is 3.01. The third-order valence-corrected chi connectivity index (χ3v) is 3.06. The maximum Gasteiger partial charge on any atom is 0.109 e. The molecule has 1 heterocycles. The molecule has 2 aromatic rings. The van der Waals surface area contributed by atoms with Crippen molar-refractivity contribution in [1.29, 1.82) is 0 Å². The van der Waals surface area contributed by atoms with Crippen LogP contribution in [0.2, 0.25) is 0 Å². The fraction of sp³-hybridized carbons (Fsp3) is 0.400. The fourth-order valence-electron chi connectivity index (χ4n) is 1.98. The summed E-state index contributed by atoms with van der Waals surface area (Å²) in [6.07, 6.45) is 0.836. The summed E-state index contributed by atoms with van der Waals surface area (Å²) in [5.41, 5.74) is 10.3. The number of H-pyrrole nitrogens is 1. The molecular weight excluding hydrogens is 222 g/mol. The average Bonchev–Trinajstić information content (AvgIpc) is 2.75. The van der Waals surface area contributed by atoms with E-state index in [9.17, 15) is 0 Å². The molecule has 1 aromatic carbocycles. The molecule has 0 aliphatic heterocycles. The monoisotopic (exact) mass is 243 g/mol. The zero-order valence-electron chi connectivity index (χ0n) is 11.3. The number of imidazole rings is 1. The highest BCUT2D eigenvalue weighted by molar-refractivity contribution is 5.62. The number of nitrogens with two attached hydrogens (primary N) is 1. The van der Waals surface area contributed by atoms with E-state index >= 15 is 0 Å². The quantitative estimate of drug-likeness (QED) is 0.867. The lowest BCUT2D eigenvalue weighted by atomic mass is 10.1. The van der Waals surface area contributed by atoms with E-state index in [1.807, 2.05) is 0 Å². The van der Waals surface area contributed by atoms with E-state index < -0.39 is 0 Å². The van der Waals surface area contributed by atoms with Gasteiger partial charge in [0, 0.05) is 23.6 Å². The molecule has 0 spiro atoms. The highest BCUT2D eigenvalue weighted by Gasteiger charge is 2.13. The van der Waals surface area contributed by atoms with Crippen LogP contribution < -0.4 is 5.73 Å². The van der Waals surface area contributed by atoms with Crippen LogP contribution in [0.4, 0.5) is 0 Å². The predicted molar refractivity (Wildman–Crippen MR) is 75.6 cm³/mol. The second-order valence-corrected chi connectivity index (χ2v) is 5.01. The molecule has 0 amide bonds. The number of nitrogens with one attached hydrogen (secondary N) is 1. The smallest absolute Gasteiger partial charge is 0.109 e. The average molecular weight is 243 g/mol. The minimum absolute atomic E-state index is 0.403. The van der Waals surface area contributed by atoms with Crippen LogP contribution in [0.1, 0.15) is 36.8 Å². The molecule has 3 nitrogen and oxygen atoms in total. The number of aryl methyl sites for hydroxylation is 1. The van der Waals surface area contributed by atoms with Gasteiger partial charge in [-0.05, 0) is 13.5 Å². The van der Waals surface area contributed by atoms with E-state index in [0.29, 0.717) is 12.5 Å². The first-order chi connectivity index (χ1) is 8.61. The molecule has 0 aliphatic carbocycles. The van der Waals surface area contributed by atoms with Crippen molar-refractivity contribution in [2.75, 3.05) is 6.54 Å². The van der Waals surface area contributed by atoms with Gasteiger partial charge in [0.25, 0.3) is 0 Å². The van der Waals surface area contributed by atoms with Gasteiger partial charge in [-0.25, -0.2) is 4.98 Å². The second-order valence-electron chi connectivity index (χ2n) is 5.01. The number of nitrogens with zero attached hydrogens (tertiary/aromatic N) is 1. The molecule has 0 atom stereocenters. The van der Waals surface area contributed by atoms with Gasteiger partial charge in [-0.3, -0.25) is 0 Å². The Morgan fingerprint density at radius 2 is 1.89 bits per heavy atom. The van der Waals surface area contributed by atoms with Crippen molar-refractivity contribution < 1.29 is 0 Å². The Bertz CT molecular complexity index is 509. The van der Waals surface area contributed by atoms with Gasteiger partial charge in [-0.15, -0.1) is 0 Å². The zero-order valence-corrected chi connectivity index (χ0v) is 11.3. The first-order valence-electron chi connectivity index (χ1n) is 6.47. The van der Waals surface area contributed by atoms with E-state index in [0.717, 1.165) is 29.2 Å². The molecular formula is C15H21N3. The molecule has 0 fully saturated rings. The molecule has 18 heavy (non-hydrogen) atoms. The van der Waals surface area contributed by atoms with Gasteiger partial charge >= 0.3 is 0 Å². The SMILES string of the molecule is Cc1ccc(-c2nc(C(C)C)[nH]c2CCN)cc1. The van der Waals surface area contributed by atoms with Crippen molar-refractivity contribution in [2.45, 2.75) is 33.1 Å². The number of aromatic amines is 1. The number of rotatable bonds is 4. The molecule has 0 unspecified atom stereocenters. The summed E-state index contributed by atoms with van der Waals surface area (Å²) >= 11 is 0. The number of benzene rings is 1. The van der Waals surface area contributed by atoms with E-state index in [4.69, 9.17) is 10.7 Å². The molecule has 96 valence electrons. The van der Waals surface area contributed by atoms with Gasteiger partial charge in [0.1, 0.15) is 5.82 Å². The van der Waals surface area contributed by atoms with Gasteiger partial charge in [-0.2, -0.15) is 0 Å². The van der Waals surface area contributed by atoms with Crippen LogP contribution in [-0.2, 0) is 6.42 Å². The first kappa shape index (κ1) is 12.8. The molecule has 2 rings (SSSR count). The maximum absolute atomic E-state index is 5.67. The third-order valence-electron chi connectivity index (χ3n) is 3.06. The lowest BCUT2D eigenvalue weighted by molar-refractivity contribution is 0.786. The Morgan fingerprint density at radius 3 is 2.44 bits per heavy atom. The summed E-state index contributed by atoms with van der Waals surface area (Å²) in [6, 6.07) is 8.47. The van der Waals surface area contributed by atoms with Crippen LogP contribution in [0.5, 0.6) is 0 Å². The van der Waals surface area contributed by atoms with Gasteiger partial charge in [0.2, 0.25) is 0 Å². The molecule has 3 N–H and O–H groups in total. The molecule has 1 aromatic heterocycles. The molecule has 0 saturated heterocycles. The minimum atomic E-state index is 0.403. The highest BCUT2D eigenvalue weighted by Crippen LogP contribution is 2.24. The zero-order chi connectivity index (χ0) is 13.1. The normalized spacial score (nSPS) is 11.2. The van der Waals surface area contributed by atoms with Crippen molar-refractivity contribution in [3.63, 3.8) is 0 Å². The third kappa shape index (κ3) is 2.62. The van der Waals surface area contributed by atoms with Crippen molar-refractivity contribution in [3.8, 4) is 11.3 Å². The second kappa shape index (κ2) is 5.36. The van der Waals surface area contributed by atoms with Gasteiger partial charge in [0.05, 0.1) is 5.69 Å². The standard InChI is InChI=1S/C15H21N3/c1-10(2)15-17-13(8-9-16)14(18-15)12-6-4-11(3)5-7-12/h4-7,10H,8-9,16H2,1-3H3,(H,17,18). The van der Waals surface area contributed by atoms with Crippen molar-refractivity contribution in [1.82, 2.24) is 9.97 Å². The molecule has 0 bridgehead atoms. The van der Waals surface area contributed by atoms with Crippen LogP contribution in [0.3, 0.4) is 0 Å². The van der Waals surface area contributed by atoms with Crippen molar-refractivity contribution in [2.24, 2.45) is 5.73 Å². The highest BCUT2D eigenvalue weighted by atomic mass is 14.9. The van der Waals surface area contributed by atoms with Crippen LogP contribution in [0.15, 0.2) is 24.3 Å². The van der Waals surface area contributed by atoms with E-state index in [2.05, 4.69) is 50.0 Å². The Balaban J connectivity index is 2.44. The summed E-state index contributed by atoms with van der Waals surface area (Å²) < 4.78 is 0. The van der Waals surface area contributed by atoms with Crippen LogP contribution in [0, 0.1) is 6.92 Å². The van der Waals surface area contributed by atoms with Crippen LogP contribution >= 0.6 is 0 Å². The van der Waals surface area contributed by atoms with Crippen LogP contribution in [-0.4, -0.2) is 16.5 Å². The first-order valence-corrected chi connectivity index (χ1v) is 6.47. The maximum atomic E-state index is 5.67. The summed E-state index contributed by atoms with van der Waals surface area (Å²) in [4.78, 5) is 8.12. The Morgan fingerprint density at radius 1 is 1.22 bits per heavy atom. The Labute approximate surface area is 108 Å². The minimum Gasteiger partial charge on any atom is -0.345 e. The van der Waals surface area contributed by atoms with Gasteiger partial charge < -0.3 is 10.7 Å². The summed E-state index contributed by atoms with van der Waals surface area (Å²) in [5.74, 6) is 1.44. The molecule has 0 saturated carbocycles. The van der Waals surface area contributed by atoms with E-state index in [-0.39, 0.29) is 0 Å². The van der Waals surface area contributed by atoms with Crippen molar-refractivity contribution >= 4 is 0 Å². The molecule has 3 heteroatoms. The summed E-state index contributed by atoms with van der Waals surface area (Å²) in [6.45, 7) is 7.02. The lowest BCUT2D eigenvalue weighted by Crippen LogP contribution is -2.04. The Kier molecular flexibility index (Phi) is 3.82. The molecule has 0 radical (unpaired) electrons. The van der Waals surface area contributed by atoms with E-state index in [1.54, 1.807) is 0 Å². The van der Waals surface area contributed by atoms with E-state index in [1.165, 1.54) is 5.56 Å². The number of hydrogen-bond donors (Lipinski definition) is 2. The van der Waals surface area contributed by atoms with Crippen molar-refractivity contribution in [3.05, 3.63) is 41.3 Å².